The number of benzene rings is 1. The van der Waals surface area contributed by atoms with Crippen LogP contribution in [0.3, 0.4) is 0 Å². The Morgan fingerprint density at radius 1 is 1.13 bits per heavy atom. The second-order valence-electron chi connectivity index (χ2n) is 5.69. The van der Waals surface area contributed by atoms with Crippen molar-refractivity contribution in [3.05, 3.63) is 39.8 Å². The van der Waals surface area contributed by atoms with Crippen LogP contribution in [0, 0.1) is 11.8 Å². The number of fused-ring (bicyclic) bond motifs is 2. The third-order valence-electron chi connectivity index (χ3n) is 4.06. The summed E-state index contributed by atoms with van der Waals surface area (Å²) in [5.41, 5.74) is 6.59. The van der Waals surface area contributed by atoms with Crippen molar-refractivity contribution in [1.29, 1.82) is 0 Å². The Labute approximate surface area is 159 Å². The fourth-order valence-corrected chi connectivity index (χ4v) is 3.80. The van der Waals surface area contributed by atoms with E-state index in [-0.39, 0.29) is 0 Å². The number of hydrazine groups is 1. The lowest BCUT2D eigenvalue weighted by Gasteiger charge is -2.22. The van der Waals surface area contributed by atoms with Gasteiger partial charge in [0.05, 0.1) is 5.02 Å². The molecule has 0 heterocycles. The van der Waals surface area contributed by atoms with Crippen molar-refractivity contribution in [1.82, 2.24) is 16.2 Å². The van der Waals surface area contributed by atoms with Gasteiger partial charge in [0.1, 0.15) is 0 Å². The first-order valence-electron chi connectivity index (χ1n) is 7.28. The number of hydrogen-bond acceptors (Lipinski definition) is 2. The van der Waals surface area contributed by atoms with Gasteiger partial charge in [-0.2, -0.15) is 0 Å². The fourth-order valence-electron chi connectivity index (χ4n) is 3.00. The van der Waals surface area contributed by atoms with Crippen LogP contribution in [0.2, 0.25) is 5.02 Å². The van der Waals surface area contributed by atoms with Gasteiger partial charge in [-0.05, 0) is 83.2 Å². The molecule has 0 saturated heterocycles. The number of anilines is 1. The van der Waals surface area contributed by atoms with E-state index in [1.807, 2.05) is 12.1 Å². The van der Waals surface area contributed by atoms with Crippen LogP contribution in [0.15, 0.2) is 34.8 Å². The van der Waals surface area contributed by atoms with Crippen molar-refractivity contribution in [3.63, 3.8) is 0 Å². The van der Waals surface area contributed by atoms with Gasteiger partial charge in [-0.3, -0.25) is 10.9 Å². The van der Waals surface area contributed by atoms with Crippen LogP contribution in [0.5, 0.6) is 0 Å². The molecular formula is C15H16BrClN4S2. The van der Waals surface area contributed by atoms with Gasteiger partial charge in [0, 0.05) is 16.2 Å². The molecule has 2 aliphatic rings. The normalized spacial score (nSPS) is 24.3. The first kappa shape index (κ1) is 17.0. The predicted octanol–water partition coefficient (Wildman–Crippen LogP) is 3.73. The molecule has 8 heteroatoms. The van der Waals surface area contributed by atoms with Crippen LogP contribution in [0.4, 0.5) is 5.69 Å². The molecule has 122 valence electrons. The average Bonchev–Trinajstić information content (AvgIpc) is 3.12. The molecule has 3 rings (SSSR count). The van der Waals surface area contributed by atoms with Gasteiger partial charge < -0.3 is 10.6 Å². The molecule has 1 aromatic rings. The molecule has 1 aromatic carbocycles. The molecule has 0 radical (unpaired) electrons. The minimum absolute atomic E-state index is 0.415. The molecule has 4 nitrogen and oxygen atoms in total. The van der Waals surface area contributed by atoms with Crippen LogP contribution in [0.1, 0.15) is 12.8 Å². The van der Waals surface area contributed by atoms with Crippen molar-refractivity contribution >= 4 is 67.9 Å². The molecule has 0 aliphatic heterocycles. The highest BCUT2D eigenvalue weighted by molar-refractivity contribution is 9.10. The Balaban J connectivity index is 1.42. The molecule has 4 N–H and O–H groups in total. The minimum atomic E-state index is 0.415. The molecule has 0 spiro atoms. The molecular weight excluding hydrogens is 416 g/mol. The van der Waals surface area contributed by atoms with Crippen LogP contribution < -0.4 is 21.5 Å². The van der Waals surface area contributed by atoms with Gasteiger partial charge >= 0.3 is 0 Å². The Bertz CT molecular complexity index is 667. The van der Waals surface area contributed by atoms with Crippen LogP contribution in [0.25, 0.3) is 0 Å². The summed E-state index contributed by atoms with van der Waals surface area (Å²) in [7, 11) is 0. The highest BCUT2D eigenvalue weighted by atomic mass is 79.9. The van der Waals surface area contributed by atoms with Gasteiger partial charge in [-0.25, -0.2) is 0 Å². The first-order valence-corrected chi connectivity index (χ1v) is 9.27. The molecule has 23 heavy (non-hydrogen) atoms. The summed E-state index contributed by atoms with van der Waals surface area (Å²) < 4.78 is 0.840. The van der Waals surface area contributed by atoms with Crippen molar-refractivity contribution in [2.75, 3.05) is 5.32 Å². The van der Waals surface area contributed by atoms with E-state index >= 15 is 0 Å². The first-order chi connectivity index (χ1) is 11.0. The van der Waals surface area contributed by atoms with Crippen molar-refractivity contribution in [2.45, 2.75) is 18.9 Å². The number of thiocarbonyl (C=S) groups is 2. The second kappa shape index (κ2) is 7.34. The smallest absolute Gasteiger partial charge is 0.189 e. The van der Waals surface area contributed by atoms with Gasteiger partial charge in [-0.15, -0.1) is 0 Å². The van der Waals surface area contributed by atoms with E-state index in [0.29, 0.717) is 33.1 Å². The highest BCUT2D eigenvalue weighted by Crippen LogP contribution is 2.38. The number of nitrogens with one attached hydrogen (secondary N) is 4. The topological polar surface area (TPSA) is 48.1 Å². The number of hydrogen-bond donors (Lipinski definition) is 4. The van der Waals surface area contributed by atoms with E-state index in [1.165, 1.54) is 6.42 Å². The molecule has 2 aliphatic carbocycles. The summed E-state index contributed by atoms with van der Waals surface area (Å²) in [6, 6.07) is 5.94. The molecule has 3 atom stereocenters. The van der Waals surface area contributed by atoms with Gasteiger partial charge in [-0.1, -0.05) is 23.8 Å². The van der Waals surface area contributed by atoms with E-state index in [0.717, 1.165) is 16.6 Å². The molecule has 2 bridgehead atoms. The van der Waals surface area contributed by atoms with Crippen molar-refractivity contribution in [2.24, 2.45) is 11.8 Å². The summed E-state index contributed by atoms with van der Waals surface area (Å²) in [4.78, 5) is 0. The highest BCUT2D eigenvalue weighted by Gasteiger charge is 2.35. The van der Waals surface area contributed by atoms with E-state index in [4.69, 9.17) is 36.0 Å². The van der Waals surface area contributed by atoms with E-state index in [9.17, 15) is 0 Å². The SMILES string of the molecule is S=C(NNC(=S)N[C@H]1C[C@@H]2C=C[C@@H]1C2)Nc1ccc(Br)c(Cl)c1. The summed E-state index contributed by atoms with van der Waals surface area (Å²) in [5.74, 6) is 1.30. The number of rotatable bonds is 2. The Morgan fingerprint density at radius 3 is 2.57 bits per heavy atom. The standard InChI is InChI=1S/C15H16BrClN4S2/c16-11-4-3-10(7-12(11)17)18-14(22)20-21-15(23)19-13-6-8-1-2-9(13)5-8/h1-4,7-9,13H,5-6H2,(H2,18,20,22)(H2,19,21,23)/t8-,9-,13+/m1/s1. The maximum Gasteiger partial charge on any atom is 0.189 e. The summed E-state index contributed by atoms with van der Waals surface area (Å²) in [5, 5.41) is 7.96. The number of halogens is 2. The Morgan fingerprint density at radius 2 is 1.91 bits per heavy atom. The fraction of sp³-hybridized carbons (Fsp3) is 0.333. The molecule has 1 fully saturated rings. The van der Waals surface area contributed by atoms with E-state index < -0.39 is 0 Å². The lowest BCUT2D eigenvalue weighted by atomic mass is 10.0. The van der Waals surface area contributed by atoms with E-state index in [1.54, 1.807) is 6.07 Å². The average molecular weight is 432 g/mol. The van der Waals surface area contributed by atoms with E-state index in [2.05, 4.69) is 49.6 Å². The van der Waals surface area contributed by atoms with Crippen molar-refractivity contribution < 1.29 is 0 Å². The quantitative estimate of drug-likeness (QED) is 0.325. The number of allylic oxidation sites excluding steroid dienone is 1. The molecule has 0 aromatic heterocycles. The maximum absolute atomic E-state index is 6.05. The zero-order valence-corrected chi connectivity index (χ0v) is 16.1. The summed E-state index contributed by atoms with van der Waals surface area (Å²) in [6.45, 7) is 0. The molecule has 0 unspecified atom stereocenters. The monoisotopic (exact) mass is 430 g/mol. The Hall–Kier alpha value is -0.890. The van der Waals surface area contributed by atoms with Crippen LogP contribution in [-0.4, -0.2) is 16.3 Å². The van der Waals surface area contributed by atoms with Crippen LogP contribution in [-0.2, 0) is 0 Å². The Kier molecular flexibility index (Phi) is 5.41. The van der Waals surface area contributed by atoms with Crippen molar-refractivity contribution in [3.8, 4) is 0 Å². The van der Waals surface area contributed by atoms with Gasteiger partial charge in [0.2, 0.25) is 0 Å². The predicted molar refractivity (Wildman–Crippen MR) is 107 cm³/mol. The minimum Gasteiger partial charge on any atom is -0.358 e. The van der Waals surface area contributed by atoms with Gasteiger partial charge in [0.25, 0.3) is 0 Å². The lowest BCUT2D eigenvalue weighted by molar-refractivity contribution is 0.518. The summed E-state index contributed by atoms with van der Waals surface area (Å²) >= 11 is 19.9. The lowest BCUT2D eigenvalue weighted by Crippen LogP contribution is -2.51. The third kappa shape index (κ3) is 4.35. The zero-order valence-electron chi connectivity index (χ0n) is 12.1. The molecule has 1 saturated carbocycles. The third-order valence-corrected chi connectivity index (χ3v) is 5.72. The second-order valence-corrected chi connectivity index (χ2v) is 7.77. The van der Waals surface area contributed by atoms with Gasteiger partial charge in [0.15, 0.2) is 10.2 Å². The summed E-state index contributed by atoms with van der Waals surface area (Å²) in [6.07, 6.45) is 6.96. The maximum atomic E-state index is 6.05. The zero-order chi connectivity index (χ0) is 16.4. The van der Waals surface area contributed by atoms with Crippen LogP contribution >= 0.6 is 52.0 Å². The largest absolute Gasteiger partial charge is 0.358 e. The molecule has 0 amide bonds.